The Labute approximate surface area is 122 Å². The lowest BCUT2D eigenvalue weighted by Crippen LogP contribution is -2.31. The van der Waals surface area contributed by atoms with Crippen molar-refractivity contribution < 1.29 is 14.7 Å². The van der Waals surface area contributed by atoms with E-state index in [1.807, 2.05) is 0 Å². The van der Waals surface area contributed by atoms with Crippen LogP contribution >= 0.6 is 11.5 Å². The zero-order valence-corrected chi connectivity index (χ0v) is 13.0. The lowest BCUT2D eigenvalue weighted by Gasteiger charge is -2.22. The summed E-state index contributed by atoms with van der Waals surface area (Å²) in [5.74, 6) is -1.38. The molecule has 1 aromatic heterocycles. The summed E-state index contributed by atoms with van der Waals surface area (Å²) in [6.07, 6.45) is 0.876. The summed E-state index contributed by atoms with van der Waals surface area (Å²) in [5.41, 5.74) is 6.43. The van der Waals surface area contributed by atoms with Gasteiger partial charge < -0.3 is 16.2 Å². The number of amides is 1. The minimum Gasteiger partial charge on any atom is -0.478 e. The molecule has 0 bridgehead atoms. The number of nitrogens with two attached hydrogens (primary N) is 1. The summed E-state index contributed by atoms with van der Waals surface area (Å²) in [5, 5.41) is 11.9. The van der Waals surface area contributed by atoms with Crippen LogP contribution in [0.5, 0.6) is 0 Å². The van der Waals surface area contributed by atoms with E-state index < -0.39 is 5.97 Å². The maximum Gasteiger partial charge on any atom is 0.340 e. The SMILES string of the molecule is Cc1nsc(NC(=O)CC(N)CC(C)(C)C)c1C(=O)O. The summed E-state index contributed by atoms with van der Waals surface area (Å²) < 4.78 is 3.94. The summed E-state index contributed by atoms with van der Waals surface area (Å²) in [6, 6.07) is -0.253. The van der Waals surface area contributed by atoms with E-state index in [0.717, 1.165) is 11.5 Å². The number of carbonyl (C=O) groups excluding carboxylic acids is 1. The molecule has 20 heavy (non-hydrogen) atoms. The predicted molar refractivity (Wildman–Crippen MR) is 79.1 cm³/mol. The number of nitrogens with zero attached hydrogens (tertiary/aromatic N) is 1. The molecule has 1 aromatic rings. The number of carboxylic acids is 1. The number of aryl methyl sites for hydroxylation is 1. The normalized spacial score (nSPS) is 13.1. The van der Waals surface area contributed by atoms with Gasteiger partial charge in [0.15, 0.2) is 0 Å². The minimum atomic E-state index is -1.09. The van der Waals surface area contributed by atoms with Crippen LogP contribution in [0.25, 0.3) is 0 Å². The van der Waals surface area contributed by atoms with Gasteiger partial charge in [0.2, 0.25) is 5.91 Å². The van der Waals surface area contributed by atoms with E-state index >= 15 is 0 Å². The quantitative estimate of drug-likeness (QED) is 0.773. The molecule has 0 aromatic carbocycles. The monoisotopic (exact) mass is 299 g/mol. The van der Waals surface area contributed by atoms with Crippen molar-refractivity contribution in [1.29, 1.82) is 0 Å². The summed E-state index contributed by atoms with van der Waals surface area (Å²) >= 11 is 0.969. The van der Waals surface area contributed by atoms with Gasteiger partial charge in [-0.3, -0.25) is 4.79 Å². The van der Waals surface area contributed by atoms with E-state index in [9.17, 15) is 9.59 Å². The Hall–Kier alpha value is -1.47. The van der Waals surface area contributed by atoms with E-state index in [4.69, 9.17) is 10.8 Å². The standard InChI is InChI=1S/C13H21N3O3S/c1-7-10(12(18)19)11(20-16-7)15-9(17)5-8(14)6-13(2,3)4/h8H,5-6,14H2,1-4H3,(H,15,17)(H,18,19). The summed E-state index contributed by atoms with van der Waals surface area (Å²) in [6.45, 7) is 7.76. The molecule has 1 rings (SSSR count). The van der Waals surface area contributed by atoms with Crippen molar-refractivity contribution in [2.45, 2.75) is 46.6 Å². The average Bonchev–Trinajstić information content (AvgIpc) is 2.55. The van der Waals surface area contributed by atoms with Gasteiger partial charge in [-0.05, 0) is 30.3 Å². The molecule has 0 saturated heterocycles. The second kappa shape index (κ2) is 6.32. The average molecular weight is 299 g/mol. The van der Waals surface area contributed by atoms with Crippen LogP contribution in [0.3, 0.4) is 0 Å². The van der Waals surface area contributed by atoms with Gasteiger partial charge in [-0.2, -0.15) is 4.37 Å². The van der Waals surface area contributed by atoms with E-state index in [0.29, 0.717) is 12.1 Å². The Balaban J connectivity index is 2.66. The molecule has 0 aliphatic rings. The smallest absolute Gasteiger partial charge is 0.340 e. The highest BCUT2D eigenvalue weighted by Crippen LogP contribution is 2.25. The van der Waals surface area contributed by atoms with Crippen LogP contribution in [0.2, 0.25) is 0 Å². The largest absolute Gasteiger partial charge is 0.478 e. The zero-order chi connectivity index (χ0) is 15.5. The second-order valence-corrected chi connectivity index (χ2v) is 6.83. The molecule has 0 spiro atoms. The van der Waals surface area contributed by atoms with Gasteiger partial charge in [-0.1, -0.05) is 20.8 Å². The first-order valence-corrected chi connectivity index (χ1v) is 7.12. The highest BCUT2D eigenvalue weighted by Gasteiger charge is 2.22. The first-order valence-electron chi connectivity index (χ1n) is 6.35. The molecule has 0 aliphatic carbocycles. The van der Waals surface area contributed by atoms with Crippen LogP contribution in [0.15, 0.2) is 0 Å². The Kier molecular flexibility index (Phi) is 5.24. The van der Waals surface area contributed by atoms with E-state index in [2.05, 4.69) is 30.5 Å². The highest BCUT2D eigenvalue weighted by molar-refractivity contribution is 7.11. The molecule has 1 heterocycles. The Bertz CT molecular complexity index is 505. The van der Waals surface area contributed by atoms with Gasteiger partial charge in [0.25, 0.3) is 0 Å². The molecule has 1 atom stereocenters. The number of rotatable bonds is 5. The van der Waals surface area contributed by atoms with Crippen LogP contribution in [0.1, 0.15) is 49.7 Å². The Morgan fingerprint density at radius 2 is 2.05 bits per heavy atom. The van der Waals surface area contributed by atoms with E-state index in [1.165, 1.54) is 0 Å². The first kappa shape index (κ1) is 16.6. The maximum atomic E-state index is 11.9. The van der Waals surface area contributed by atoms with E-state index in [1.54, 1.807) is 6.92 Å². The van der Waals surface area contributed by atoms with Crippen LogP contribution in [0, 0.1) is 12.3 Å². The van der Waals surface area contributed by atoms with Crippen molar-refractivity contribution in [3.05, 3.63) is 11.3 Å². The number of anilines is 1. The molecule has 0 aliphatic heterocycles. The van der Waals surface area contributed by atoms with Crippen molar-refractivity contribution in [3.63, 3.8) is 0 Å². The predicted octanol–water partition coefficient (Wildman–Crippen LogP) is 2.24. The fourth-order valence-electron chi connectivity index (χ4n) is 1.98. The molecule has 1 unspecified atom stereocenters. The third-order valence-electron chi connectivity index (χ3n) is 2.65. The van der Waals surface area contributed by atoms with Gasteiger partial charge in [0, 0.05) is 12.5 Å². The lowest BCUT2D eigenvalue weighted by molar-refractivity contribution is -0.116. The Morgan fingerprint density at radius 1 is 1.45 bits per heavy atom. The molecule has 6 nitrogen and oxygen atoms in total. The molecule has 0 saturated carbocycles. The number of carboxylic acid groups (broad SMARTS) is 1. The topological polar surface area (TPSA) is 105 Å². The second-order valence-electron chi connectivity index (χ2n) is 6.05. The third-order valence-corrected chi connectivity index (χ3v) is 3.51. The van der Waals surface area contributed by atoms with Crippen molar-refractivity contribution >= 4 is 28.4 Å². The van der Waals surface area contributed by atoms with E-state index in [-0.39, 0.29) is 34.3 Å². The summed E-state index contributed by atoms with van der Waals surface area (Å²) in [7, 11) is 0. The highest BCUT2D eigenvalue weighted by atomic mass is 32.1. The van der Waals surface area contributed by atoms with Crippen molar-refractivity contribution in [1.82, 2.24) is 4.37 Å². The number of aromatic carboxylic acids is 1. The third kappa shape index (κ3) is 4.90. The van der Waals surface area contributed by atoms with Crippen LogP contribution in [-0.4, -0.2) is 27.4 Å². The molecule has 0 radical (unpaired) electrons. The molecule has 7 heteroatoms. The fourth-order valence-corrected chi connectivity index (χ4v) is 2.79. The first-order chi connectivity index (χ1) is 9.10. The lowest BCUT2D eigenvalue weighted by atomic mass is 9.87. The van der Waals surface area contributed by atoms with Crippen LogP contribution in [0.4, 0.5) is 5.00 Å². The van der Waals surface area contributed by atoms with Crippen LogP contribution < -0.4 is 11.1 Å². The summed E-state index contributed by atoms with van der Waals surface area (Å²) in [4.78, 5) is 23.0. The maximum absolute atomic E-state index is 11.9. The van der Waals surface area contributed by atoms with Crippen molar-refractivity contribution in [2.24, 2.45) is 11.1 Å². The number of hydrogen-bond donors (Lipinski definition) is 3. The molecule has 4 N–H and O–H groups in total. The zero-order valence-electron chi connectivity index (χ0n) is 12.2. The number of nitrogens with one attached hydrogen (secondary N) is 1. The fraction of sp³-hybridized carbons (Fsp3) is 0.615. The molecule has 1 amide bonds. The number of aromatic nitrogens is 1. The minimum absolute atomic E-state index is 0.0486. The number of hydrogen-bond acceptors (Lipinski definition) is 5. The molecule has 112 valence electrons. The van der Waals surface area contributed by atoms with Gasteiger partial charge in [-0.15, -0.1) is 0 Å². The number of carbonyl (C=O) groups is 2. The van der Waals surface area contributed by atoms with Gasteiger partial charge >= 0.3 is 5.97 Å². The molecule has 0 fully saturated rings. The van der Waals surface area contributed by atoms with Gasteiger partial charge in [0.1, 0.15) is 10.6 Å². The van der Waals surface area contributed by atoms with Gasteiger partial charge in [-0.25, -0.2) is 4.79 Å². The van der Waals surface area contributed by atoms with Crippen LogP contribution in [-0.2, 0) is 4.79 Å². The van der Waals surface area contributed by atoms with Crippen molar-refractivity contribution in [2.75, 3.05) is 5.32 Å². The van der Waals surface area contributed by atoms with Gasteiger partial charge in [0.05, 0.1) is 5.69 Å². The molecular formula is C13H21N3O3S. The molecular weight excluding hydrogens is 278 g/mol. The van der Waals surface area contributed by atoms with Crippen molar-refractivity contribution in [3.8, 4) is 0 Å². The Morgan fingerprint density at radius 3 is 2.55 bits per heavy atom.